The molecule has 0 bridgehead atoms. The second-order valence-electron chi connectivity index (χ2n) is 3.91. The molecule has 0 radical (unpaired) electrons. The Morgan fingerprint density at radius 1 is 1.53 bits per heavy atom. The largest absolute Gasteiger partial charge is 0.476 e. The molecule has 2 heterocycles. The summed E-state index contributed by atoms with van der Waals surface area (Å²) in [6.45, 7) is 3.39. The van der Waals surface area contributed by atoms with Crippen LogP contribution < -0.4 is 0 Å². The summed E-state index contributed by atoms with van der Waals surface area (Å²) >= 11 is 0. The van der Waals surface area contributed by atoms with Gasteiger partial charge < -0.3 is 9.84 Å². The van der Waals surface area contributed by atoms with Crippen molar-refractivity contribution in [3.05, 3.63) is 18.1 Å². The van der Waals surface area contributed by atoms with Gasteiger partial charge in [0.25, 0.3) is 0 Å². The molecule has 0 aliphatic rings. The summed E-state index contributed by atoms with van der Waals surface area (Å²) in [7, 11) is 1.76. The Labute approximate surface area is 109 Å². The molecule has 2 rings (SSSR count). The molecule has 102 valence electrons. The van der Waals surface area contributed by atoms with Gasteiger partial charge in [0.15, 0.2) is 5.69 Å². The Morgan fingerprint density at radius 3 is 2.89 bits per heavy atom. The molecule has 8 heteroatoms. The molecule has 0 unspecified atom stereocenters. The lowest BCUT2D eigenvalue weighted by Gasteiger charge is -2.05. The van der Waals surface area contributed by atoms with Crippen LogP contribution in [0.2, 0.25) is 0 Å². The summed E-state index contributed by atoms with van der Waals surface area (Å²) in [5.74, 6) is -1.11. The number of hydrogen-bond donors (Lipinski definition) is 1. The first-order chi connectivity index (χ1) is 9.13. The van der Waals surface area contributed by atoms with Crippen molar-refractivity contribution < 1.29 is 14.6 Å². The van der Waals surface area contributed by atoms with Crippen molar-refractivity contribution in [1.29, 1.82) is 0 Å². The number of rotatable bonds is 6. The van der Waals surface area contributed by atoms with Crippen molar-refractivity contribution in [3.63, 3.8) is 0 Å². The first kappa shape index (κ1) is 13.2. The second-order valence-corrected chi connectivity index (χ2v) is 3.91. The van der Waals surface area contributed by atoms with E-state index in [-0.39, 0.29) is 5.69 Å². The maximum atomic E-state index is 11.2. The van der Waals surface area contributed by atoms with Gasteiger partial charge in [-0.25, -0.2) is 9.48 Å². The van der Waals surface area contributed by atoms with E-state index in [1.165, 1.54) is 4.68 Å². The van der Waals surface area contributed by atoms with E-state index in [0.717, 1.165) is 0 Å². The molecule has 0 atom stereocenters. The molecule has 0 saturated carbocycles. The van der Waals surface area contributed by atoms with Crippen molar-refractivity contribution in [2.45, 2.75) is 13.5 Å². The fraction of sp³-hybridized carbons (Fsp3) is 0.455. The van der Waals surface area contributed by atoms with E-state index in [1.54, 1.807) is 24.1 Å². The van der Waals surface area contributed by atoms with Crippen molar-refractivity contribution in [2.24, 2.45) is 7.05 Å². The fourth-order valence-corrected chi connectivity index (χ4v) is 1.74. The smallest absolute Gasteiger partial charge is 0.358 e. The van der Waals surface area contributed by atoms with Crippen LogP contribution in [0.3, 0.4) is 0 Å². The third-order valence-electron chi connectivity index (χ3n) is 2.57. The monoisotopic (exact) mass is 265 g/mol. The highest BCUT2D eigenvalue weighted by atomic mass is 16.5. The van der Waals surface area contributed by atoms with E-state index in [9.17, 15) is 4.79 Å². The maximum Gasteiger partial charge on any atom is 0.358 e. The van der Waals surface area contributed by atoms with Crippen molar-refractivity contribution >= 4 is 5.97 Å². The molecule has 2 aromatic heterocycles. The molecule has 0 spiro atoms. The molecule has 0 saturated heterocycles. The summed E-state index contributed by atoms with van der Waals surface area (Å²) < 4.78 is 8.37. The van der Waals surface area contributed by atoms with E-state index >= 15 is 0 Å². The van der Waals surface area contributed by atoms with Crippen molar-refractivity contribution in [2.75, 3.05) is 13.2 Å². The summed E-state index contributed by atoms with van der Waals surface area (Å²) in [5, 5.41) is 20.7. The van der Waals surface area contributed by atoms with Crippen LogP contribution in [0.1, 0.15) is 17.4 Å². The van der Waals surface area contributed by atoms with Gasteiger partial charge >= 0.3 is 5.97 Å². The van der Waals surface area contributed by atoms with Crippen LogP contribution in [-0.2, 0) is 18.3 Å². The third-order valence-corrected chi connectivity index (χ3v) is 2.57. The number of hydrogen-bond acceptors (Lipinski definition) is 5. The third kappa shape index (κ3) is 2.79. The van der Waals surface area contributed by atoms with Gasteiger partial charge in [0, 0.05) is 25.4 Å². The zero-order chi connectivity index (χ0) is 13.8. The van der Waals surface area contributed by atoms with Crippen LogP contribution in [0.5, 0.6) is 0 Å². The number of aromatic nitrogens is 5. The molecule has 8 nitrogen and oxygen atoms in total. The van der Waals surface area contributed by atoms with Gasteiger partial charge in [0.2, 0.25) is 0 Å². The normalized spacial score (nSPS) is 10.8. The maximum absolute atomic E-state index is 11.2. The Hall–Kier alpha value is -2.22. The van der Waals surface area contributed by atoms with Crippen LogP contribution in [0.25, 0.3) is 11.3 Å². The lowest BCUT2D eigenvalue weighted by molar-refractivity contribution is 0.0691. The average molecular weight is 265 g/mol. The molecule has 0 aromatic carbocycles. The topological polar surface area (TPSA) is 95.1 Å². The van der Waals surface area contributed by atoms with Gasteiger partial charge in [0.05, 0.1) is 19.3 Å². The van der Waals surface area contributed by atoms with Gasteiger partial charge in [-0.3, -0.25) is 4.68 Å². The van der Waals surface area contributed by atoms with E-state index in [1.807, 2.05) is 6.92 Å². The Kier molecular flexibility index (Phi) is 3.91. The lowest BCUT2D eigenvalue weighted by Crippen LogP contribution is -2.09. The molecular weight excluding hydrogens is 250 g/mol. The van der Waals surface area contributed by atoms with Crippen LogP contribution in [-0.4, -0.2) is 49.1 Å². The van der Waals surface area contributed by atoms with E-state index in [2.05, 4.69) is 15.4 Å². The van der Waals surface area contributed by atoms with Gasteiger partial charge in [-0.15, -0.1) is 5.10 Å². The summed E-state index contributed by atoms with van der Waals surface area (Å²) in [6, 6.07) is 0. The number of aromatic carboxylic acids is 1. The zero-order valence-electron chi connectivity index (χ0n) is 10.8. The summed E-state index contributed by atoms with van der Waals surface area (Å²) in [6.07, 6.45) is 3.31. The van der Waals surface area contributed by atoms with Crippen molar-refractivity contribution in [1.82, 2.24) is 24.8 Å². The van der Waals surface area contributed by atoms with Gasteiger partial charge in [0.1, 0.15) is 5.69 Å². The number of ether oxygens (including phenoxy) is 1. The van der Waals surface area contributed by atoms with Crippen LogP contribution in [0, 0.1) is 0 Å². The Morgan fingerprint density at radius 2 is 2.32 bits per heavy atom. The molecule has 0 aliphatic heterocycles. The number of aryl methyl sites for hydroxylation is 1. The lowest BCUT2D eigenvalue weighted by atomic mass is 10.2. The number of carboxylic acids is 1. The Bertz CT molecular complexity index is 575. The molecule has 0 amide bonds. The minimum atomic E-state index is -1.11. The first-order valence-electron chi connectivity index (χ1n) is 5.87. The second kappa shape index (κ2) is 5.61. The molecule has 0 aliphatic carbocycles. The van der Waals surface area contributed by atoms with E-state index in [4.69, 9.17) is 9.84 Å². The highest BCUT2D eigenvalue weighted by molar-refractivity contribution is 5.92. The number of carboxylic acid groups (broad SMARTS) is 1. The molecule has 19 heavy (non-hydrogen) atoms. The molecule has 1 N–H and O–H groups in total. The predicted molar refractivity (Wildman–Crippen MR) is 65.7 cm³/mol. The molecule has 2 aromatic rings. The van der Waals surface area contributed by atoms with Gasteiger partial charge in [-0.1, -0.05) is 5.21 Å². The highest BCUT2D eigenvalue weighted by Crippen LogP contribution is 2.21. The summed E-state index contributed by atoms with van der Waals surface area (Å²) in [5.41, 5.74) is 1.03. The fourth-order valence-electron chi connectivity index (χ4n) is 1.74. The van der Waals surface area contributed by atoms with Gasteiger partial charge in [-0.2, -0.15) is 5.10 Å². The molecular formula is C11H15N5O3. The SMILES string of the molecule is CCOCCn1nnc(C(=O)O)c1-c1cnn(C)c1. The van der Waals surface area contributed by atoms with Crippen molar-refractivity contribution in [3.8, 4) is 11.3 Å². The van der Waals surface area contributed by atoms with E-state index in [0.29, 0.717) is 31.0 Å². The van der Waals surface area contributed by atoms with Gasteiger partial charge in [-0.05, 0) is 6.92 Å². The standard InChI is InChI=1S/C11H15N5O3/c1-3-19-5-4-16-10(8-6-12-15(2)7-8)9(11(17)18)13-14-16/h6-7H,3-5H2,1-2H3,(H,17,18). The van der Waals surface area contributed by atoms with E-state index < -0.39 is 5.97 Å². The average Bonchev–Trinajstić information content (AvgIpc) is 2.95. The quantitative estimate of drug-likeness (QED) is 0.760. The highest BCUT2D eigenvalue weighted by Gasteiger charge is 2.21. The molecule has 0 fully saturated rings. The van der Waals surface area contributed by atoms with Crippen LogP contribution in [0.4, 0.5) is 0 Å². The first-order valence-corrected chi connectivity index (χ1v) is 5.87. The minimum Gasteiger partial charge on any atom is -0.476 e. The minimum absolute atomic E-state index is 0.0792. The Balaban J connectivity index is 2.36. The van der Waals surface area contributed by atoms with Crippen LogP contribution >= 0.6 is 0 Å². The number of carbonyl (C=O) groups is 1. The van der Waals surface area contributed by atoms with Crippen LogP contribution in [0.15, 0.2) is 12.4 Å². The predicted octanol–water partition coefficient (Wildman–Crippen LogP) is 0.413. The number of nitrogens with zero attached hydrogens (tertiary/aromatic N) is 5. The zero-order valence-corrected chi connectivity index (χ0v) is 10.8. The summed E-state index contributed by atoms with van der Waals surface area (Å²) in [4.78, 5) is 11.2.